The van der Waals surface area contributed by atoms with Crippen molar-refractivity contribution in [2.45, 2.75) is 103 Å². The van der Waals surface area contributed by atoms with Gasteiger partial charge in [-0.15, -0.1) is 0 Å². The Morgan fingerprint density at radius 2 is 1.63 bits per heavy atom. The number of ether oxygens (including phenoxy) is 4. The van der Waals surface area contributed by atoms with Crippen LogP contribution in [0.25, 0.3) is 0 Å². The van der Waals surface area contributed by atoms with E-state index in [1.165, 1.54) is 0 Å². The first-order chi connectivity index (χ1) is 12.6. The molecule has 0 aromatic rings. The summed E-state index contributed by atoms with van der Waals surface area (Å²) in [5.41, 5.74) is 0. The van der Waals surface area contributed by atoms with Gasteiger partial charge < -0.3 is 23.8 Å². The van der Waals surface area contributed by atoms with Crippen molar-refractivity contribution in [3.63, 3.8) is 0 Å². The summed E-state index contributed by atoms with van der Waals surface area (Å²) in [6, 6.07) is 0. The molecule has 0 saturated carbocycles. The Balaban J connectivity index is 1.87. The van der Waals surface area contributed by atoms with Crippen LogP contribution in [0.2, 0.25) is 0 Å². The lowest BCUT2D eigenvalue weighted by atomic mass is 10.1. The Labute approximate surface area is 162 Å². The largest absolute Gasteiger partial charge is 0.403 e. The molecule has 2 N–H and O–H groups in total. The standard InChI is InChI=1S/C18H36NO7P/c1-11(2)22-10-18-16(8-14(6)25-18)26-27(20,21)19-9-17-15(23-12(3)4)7-13(5)24-17/h11-18H,7-10H2,1-6H3,(H2,19,20,21)/t13-,14-,15?,16+,17+,18+/m0/s1. The van der Waals surface area contributed by atoms with E-state index in [1.807, 2.05) is 41.5 Å². The van der Waals surface area contributed by atoms with Gasteiger partial charge in [-0.05, 0) is 41.5 Å². The van der Waals surface area contributed by atoms with Crippen molar-refractivity contribution < 1.29 is 32.9 Å². The molecule has 0 amide bonds. The van der Waals surface area contributed by atoms with Crippen LogP contribution in [-0.4, -0.2) is 66.9 Å². The van der Waals surface area contributed by atoms with Crippen molar-refractivity contribution in [2.75, 3.05) is 13.2 Å². The highest BCUT2D eigenvalue weighted by atomic mass is 31.2. The van der Waals surface area contributed by atoms with Gasteiger partial charge in [0.25, 0.3) is 0 Å². The van der Waals surface area contributed by atoms with Gasteiger partial charge in [0.2, 0.25) is 0 Å². The highest BCUT2D eigenvalue weighted by Gasteiger charge is 2.40. The summed E-state index contributed by atoms with van der Waals surface area (Å²) in [4.78, 5) is 10.3. The lowest BCUT2D eigenvalue weighted by Crippen LogP contribution is -2.37. The summed E-state index contributed by atoms with van der Waals surface area (Å²) in [7, 11) is -4.01. The Hall–Kier alpha value is -0.0500. The number of hydrogen-bond donors (Lipinski definition) is 2. The molecule has 2 heterocycles. The quantitative estimate of drug-likeness (QED) is 0.532. The van der Waals surface area contributed by atoms with Crippen LogP contribution < -0.4 is 5.09 Å². The lowest BCUT2D eigenvalue weighted by molar-refractivity contribution is -0.0532. The van der Waals surface area contributed by atoms with Gasteiger partial charge >= 0.3 is 7.75 Å². The van der Waals surface area contributed by atoms with E-state index in [-0.39, 0.29) is 49.3 Å². The molecule has 8 nitrogen and oxygen atoms in total. The van der Waals surface area contributed by atoms with Crippen molar-refractivity contribution >= 4 is 7.75 Å². The average molecular weight is 409 g/mol. The first-order valence-corrected chi connectivity index (χ1v) is 11.5. The van der Waals surface area contributed by atoms with Gasteiger partial charge in [-0.3, -0.25) is 4.52 Å². The first kappa shape index (κ1) is 23.2. The molecule has 2 aliphatic heterocycles. The molecule has 0 aromatic carbocycles. The summed E-state index contributed by atoms with van der Waals surface area (Å²) in [6.07, 6.45) is 0.223. The Kier molecular flexibility index (Phi) is 8.71. The molecule has 160 valence electrons. The number of hydrogen-bond acceptors (Lipinski definition) is 6. The van der Waals surface area contributed by atoms with Crippen LogP contribution in [0, 0.1) is 0 Å². The zero-order valence-corrected chi connectivity index (χ0v) is 18.2. The highest BCUT2D eigenvalue weighted by Crippen LogP contribution is 2.42. The highest BCUT2D eigenvalue weighted by molar-refractivity contribution is 7.50. The minimum Gasteiger partial charge on any atom is -0.376 e. The van der Waals surface area contributed by atoms with E-state index in [2.05, 4.69) is 5.09 Å². The summed E-state index contributed by atoms with van der Waals surface area (Å²) < 4.78 is 41.1. The van der Waals surface area contributed by atoms with Gasteiger partial charge in [0.15, 0.2) is 0 Å². The molecule has 0 aromatic heterocycles. The Morgan fingerprint density at radius 3 is 2.22 bits per heavy atom. The van der Waals surface area contributed by atoms with Crippen LogP contribution in [0.3, 0.4) is 0 Å². The normalized spacial score (nSPS) is 36.6. The smallest absolute Gasteiger partial charge is 0.376 e. The van der Waals surface area contributed by atoms with E-state index < -0.39 is 13.9 Å². The van der Waals surface area contributed by atoms with Crippen molar-refractivity contribution in [2.24, 2.45) is 0 Å². The van der Waals surface area contributed by atoms with Crippen molar-refractivity contribution in [3.8, 4) is 0 Å². The van der Waals surface area contributed by atoms with Gasteiger partial charge in [-0.25, -0.2) is 9.65 Å². The van der Waals surface area contributed by atoms with E-state index >= 15 is 0 Å². The Morgan fingerprint density at radius 1 is 1.04 bits per heavy atom. The fraction of sp³-hybridized carbons (Fsp3) is 1.00. The molecule has 2 rings (SSSR count). The molecule has 2 aliphatic rings. The molecular formula is C18H36NO7P. The maximum Gasteiger partial charge on any atom is 0.403 e. The van der Waals surface area contributed by atoms with Crippen LogP contribution in [0.5, 0.6) is 0 Å². The van der Waals surface area contributed by atoms with Crippen LogP contribution in [0.4, 0.5) is 0 Å². The van der Waals surface area contributed by atoms with Crippen LogP contribution >= 0.6 is 7.75 Å². The fourth-order valence-electron chi connectivity index (χ4n) is 3.48. The van der Waals surface area contributed by atoms with Crippen molar-refractivity contribution in [1.29, 1.82) is 0 Å². The van der Waals surface area contributed by atoms with Crippen LogP contribution in [0.15, 0.2) is 0 Å². The monoisotopic (exact) mass is 409 g/mol. The van der Waals surface area contributed by atoms with Crippen LogP contribution in [-0.2, 0) is 28.0 Å². The minimum absolute atomic E-state index is 0.0430. The van der Waals surface area contributed by atoms with Crippen LogP contribution in [0.1, 0.15) is 54.4 Å². The third-order valence-corrected chi connectivity index (χ3v) is 5.72. The fourth-order valence-corrected chi connectivity index (χ4v) is 4.56. The van der Waals surface area contributed by atoms with Gasteiger partial charge in [0.1, 0.15) is 6.10 Å². The molecule has 7 atom stereocenters. The number of rotatable bonds is 10. The van der Waals surface area contributed by atoms with Gasteiger partial charge in [0, 0.05) is 19.4 Å². The lowest BCUT2D eigenvalue weighted by Gasteiger charge is -2.25. The van der Waals surface area contributed by atoms with Gasteiger partial charge in [-0.2, -0.15) is 0 Å². The van der Waals surface area contributed by atoms with Gasteiger partial charge in [-0.1, -0.05) is 0 Å². The first-order valence-electron chi connectivity index (χ1n) is 9.90. The molecule has 27 heavy (non-hydrogen) atoms. The summed E-state index contributed by atoms with van der Waals surface area (Å²) in [5, 5.41) is 2.64. The van der Waals surface area contributed by atoms with Crippen molar-refractivity contribution in [3.05, 3.63) is 0 Å². The predicted octanol–water partition coefficient (Wildman–Crippen LogP) is 2.64. The molecule has 0 aliphatic carbocycles. The van der Waals surface area contributed by atoms with Gasteiger partial charge in [0.05, 0.1) is 49.3 Å². The van der Waals surface area contributed by atoms with E-state index in [0.29, 0.717) is 13.0 Å². The van der Waals surface area contributed by atoms with Crippen molar-refractivity contribution in [1.82, 2.24) is 5.09 Å². The van der Waals surface area contributed by atoms with E-state index in [4.69, 9.17) is 23.5 Å². The molecule has 2 fully saturated rings. The second kappa shape index (κ2) is 10.1. The van der Waals surface area contributed by atoms with E-state index in [9.17, 15) is 9.46 Å². The summed E-state index contributed by atoms with van der Waals surface area (Å²) in [6.45, 7) is 12.2. The molecule has 9 heteroatoms. The Bertz CT molecular complexity index is 504. The average Bonchev–Trinajstić information content (AvgIpc) is 3.04. The summed E-state index contributed by atoms with van der Waals surface area (Å²) in [5.74, 6) is 0. The third kappa shape index (κ3) is 7.71. The zero-order valence-electron chi connectivity index (χ0n) is 17.3. The van der Waals surface area contributed by atoms with E-state index in [0.717, 1.165) is 6.42 Å². The third-order valence-electron chi connectivity index (χ3n) is 4.58. The molecule has 2 unspecified atom stereocenters. The maximum atomic E-state index is 12.6. The number of nitrogens with one attached hydrogen (secondary N) is 1. The molecule has 0 spiro atoms. The predicted molar refractivity (Wildman–Crippen MR) is 102 cm³/mol. The molecule has 0 bridgehead atoms. The second-order valence-electron chi connectivity index (χ2n) is 8.07. The molecular weight excluding hydrogens is 373 g/mol. The topological polar surface area (TPSA) is 95.5 Å². The SMILES string of the molecule is CC(C)OC[C@H]1O[C@@H](C)C[C@H]1OP(=O)(O)NC[C@H]1O[C@@H](C)CC1OC(C)C. The minimum atomic E-state index is -4.01. The maximum absolute atomic E-state index is 12.6. The molecule has 2 saturated heterocycles. The van der Waals surface area contributed by atoms with E-state index in [1.54, 1.807) is 0 Å². The summed E-state index contributed by atoms with van der Waals surface area (Å²) >= 11 is 0. The molecule has 0 radical (unpaired) electrons. The second-order valence-corrected chi connectivity index (χ2v) is 9.64. The zero-order chi connectivity index (χ0) is 20.2.